The number of pyridine rings is 1. The van der Waals surface area contributed by atoms with E-state index in [1.165, 1.54) is 0 Å². The molecule has 1 heterocycles. The molecule has 0 aliphatic heterocycles. The third-order valence-corrected chi connectivity index (χ3v) is 2.36. The summed E-state index contributed by atoms with van der Waals surface area (Å²) in [5, 5.41) is 3.26. The van der Waals surface area contributed by atoms with E-state index in [2.05, 4.69) is 24.1 Å². The molecular weight excluding hydrogens is 216 g/mol. The number of nitrogens with one attached hydrogen (secondary N) is 1. The molecular formula is C13H22N2O2. The number of anilines is 1. The van der Waals surface area contributed by atoms with Crippen LogP contribution in [0.25, 0.3) is 0 Å². The second-order valence-corrected chi connectivity index (χ2v) is 4.31. The van der Waals surface area contributed by atoms with Crippen molar-refractivity contribution in [1.82, 2.24) is 4.98 Å². The highest BCUT2D eigenvalue weighted by molar-refractivity contribution is 5.44. The Morgan fingerprint density at radius 3 is 2.88 bits per heavy atom. The Bertz CT molecular complexity index is 316. The summed E-state index contributed by atoms with van der Waals surface area (Å²) in [4.78, 5) is 4.04. The van der Waals surface area contributed by atoms with Crippen molar-refractivity contribution in [3.05, 3.63) is 18.3 Å². The molecule has 0 amide bonds. The lowest BCUT2D eigenvalue weighted by molar-refractivity contribution is 0.132. The van der Waals surface area contributed by atoms with Gasteiger partial charge in [-0.1, -0.05) is 13.8 Å². The van der Waals surface area contributed by atoms with Crippen LogP contribution >= 0.6 is 0 Å². The fourth-order valence-electron chi connectivity index (χ4n) is 1.32. The molecule has 96 valence electrons. The lowest BCUT2D eigenvalue weighted by atomic mass is 10.1. The van der Waals surface area contributed by atoms with Crippen LogP contribution in [0.2, 0.25) is 0 Å². The molecule has 0 unspecified atom stereocenters. The Labute approximate surface area is 103 Å². The van der Waals surface area contributed by atoms with E-state index < -0.39 is 0 Å². The molecule has 17 heavy (non-hydrogen) atoms. The molecule has 0 bridgehead atoms. The van der Waals surface area contributed by atoms with Crippen molar-refractivity contribution in [3.63, 3.8) is 0 Å². The zero-order chi connectivity index (χ0) is 12.5. The molecule has 1 N–H and O–H groups in total. The Balaban J connectivity index is 2.13. The van der Waals surface area contributed by atoms with E-state index in [9.17, 15) is 0 Å². The maximum Gasteiger partial charge on any atom is 0.214 e. The molecule has 1 aromatic rings. The molecule has 0 aliphatic rings. The number of hydrogen-bond donors (Lipinski definition) is 1. The molecule has 0 aromatic carbocycles. The number of nitrogens with zero attached hydrogens (tertiary/aromatic N) is 1. The van der Waals surface area contributed by atoms with Gasteiger partial charge in [0.05, 0.1) is 13.7 Å². The molecule has 0 saturated carbocycles. The van der Waals surface area contributed by atoms with Crippen LogP contribution in [0.5, 0.6) is 5.88 Å². The summed E-state index contributed by atoms with van der Waals surface area (Å²) in [7, 11) is 1.61. The van der Waals surface area contributed by atoms with Crippen molar-refractivity contribution in [2.45, 2.75) is 20.3 Å². The second kappa shape index (κ2) is 7.90. The van der Waals surface area contributed by atoms with Crippen molar-refractivity contribution >= 4 is 5.69 Å². The zero-order valence-corrected chi connectivity index (χ0v) is 10.9. The van der Waals surface area contributed by atoms with Gasteiger partial charge >= 0.3 is 0 Å². The Morgan fingerprint density at radius 1 is 1.35 bits per heavy atom. The minimum Gasteiger partial charge on any atom is -0.481 e. The summed E-state index contributed by atoms with van der Waals surface area (Å²) in [6.45, 7) is 6.75. The van der Waals surface area contributed by atoms with Crippen LogP contribution in [0.4, 0.5) is 5.69 Å². The van der Waals surface area contributed by atoms with Crippen LogP contribution in [0, 0.1) is 5.92 Å². The summed E-state index contributed by atoms with van der Waals surface area (Å²) in [5.74, 6) is 1.32. The molecule has 0 spiro atoms. The molecule has 0 aliphatic carbocycles. The normalized spacial score (nSPS) is 10.6. The number of aromatic nitrogens is 1. The standard InChI is InChI=1S/C13H22N2O2/c1-11(2)5-8-17-9-7-14-12-4-6-15-13(10-12)16-3/h4,6,10-11H,5,7-9H2,1-3H3,(H,14,15). The minimum absolute atomic E-state index is 0.621. The molecule has 4 nitrogen and oxygen atoms in total. The third-order valence-electron chi connectivity index (χ3n) is 2.36. The SMILES string of the molecule is COc1cc(NCCOCCC(C)C)ccn1. The molecule has 0 radical (unpaired) electrons. The number of methoxy groups -OCH3 is 1. The third kappa shape index (κ3) is 6.12. The molecule has 1 aromatic heterocycles. The van der Waals surface area contributed by atoms with E-state index in [4.69, 9.17) is 9.47 Å². The van der Waals surface area contributed by atoms with Gasteiger partial charge in [0.2, 0.25) is 5.88 Å². The first kappa shape index (κ1) is 13.8. The molecule has 0 atom stereocenters. The van der Waals surface area contributed by atoms with Crippen LogP contribution in [0.1, 0.15) is 20.3 Å². The van der Waals surface area contributed by atoms with Gasteiger partial charge in [0.25, 0.3) is 0 Å². The highest BCUT2D eigenvalue weighted by atomic mass is 16.5. The number of rotatable bonds is 8. The maximum absolute atomic E-state index is 5.51. The van der Waals surface area contributed by atoms with Crippen LogP contribution in [-0.2, 0) is 4.74 Å². The van der Waals surface area contributed by atoms with Crippen molar-refractivity contribution in [3.8, 4) is 5.88 Å². The van der Waals surface area contributed by atoms with Gasteiger partial charge in [0.1, 0.15) is 0 Å². The zero-order valence-electron chi connectivity index (χ0n) is 10.9. The van der Waals surface area contributed by atoms with Crippen LogP contribution in [0.3, 0.4) is 0 Å². The van der Waals surface area contributed by atoms with Gasteiger partial charge in [-0.25, -0.2) is 4.98 Å². The van der Waals surface area contributed by atoms with Gasteiger partial charge in [0, 0.05) is 31.1 Å². The summed E-state index contributed by atoms with van der Waals surface area (Å²) in [6.07, 6.45) is 2.84. The van der Waals surface area contributed by atoms with Crippen LogP contribution in [0.15, 0.2) is 18.3 Å². The summed E-state index contributed by atoms with van der Waals surface area (Å²) in [6, 6.07) is 3.78. The Kier molecular flexibility index (Phi) is 6.40. The maximum atomic E-state index is 5.51. The molecule has 0 fully saturated rings. The van der Waals surface area contributed by atoms with Gasteiger partial charge in [-0.2, -0.15) is 0 Å². The van der Waals surface area contributed by atoms with E-state index in [0.29, 0.717) is 11.8 Å². The quantitative estimate of drug-likeness (QED) is 0.707. The summed E-state index contributed by atoms with van der Waals surface area (Å²) in [5.41, 5.74) is 1.00. The largest absolute Gasteiger partial charge is 0.481 e. The van der Waals surface area contributed by atoms with E-state index in [-0.39, 0.29) is 0 Å². The average molecular weight is 238 g/mol. The van der Waals surface area contributed by atoms with E-state index >= 15 is 0 Å². The summed E-state index contributed by atoms with van der Waals surface area (Å²) >= 11 is 0. The first-order valence-corrected chi connectivity index (χ1v) is 6.04. The van der Waals surface area contributed by atoms with E-state index in [1.807, 2.05) is 12.1 Å². The van der Waals surface area contributed by atoms with Crippen molar-refractivity contribution < 1.29 is 9.47 Å². The topological polar surface area (TPSA) is 43.4 Å². The van der Waals surface area contributed by atoms with Gasteiger partial charge in [-0.05, 0) is 18.4 Å². The molecule has 4 heteroatoms. The molecule has 1 rings (SSSR count). The highest BCUT2D eigenvalue weighted by Gasteiger charge is 1.97. The Hall–Kier alpha value is -1.29. The second-order valence-electron chi connectivity index (χ2n) is 4.31. The smallest absolute Gasteiger partial charge is 0.214 e. The molecule has 0 saturated heterocycles. The monoisotopic (exact) mass is 238 g/mol. The van der Waals surface area contributed by atoms with E-state index in [1.54, 1.807) is 13.3 Å². The predicted molar refractivity (Wildman–Crippen MR) is 69.6 cm³/mol. The van der Waals surface area contributed by atoms with Crippen LogP contribution < -0.4 is 10.1 Å². The van der Waals surface area contributed by atoms with Gasteiger partial charge in [-0.3, -0.25) is 0 Å². The minimum atomic E-state index is 0.621. The van der Waals surface area contributed by atoms with Gasteiger partial charge in [0.15, 0.2) is 0 Å². The van der Waals surface area contributed by atoms with Crippen molar-refractivity contribution in [2.24, 2.45) is 5.92 Å². The number of hydrogen-bond acceptors (Lipinski definition) is 4. The predicted octanol–water partition coefficient (Wildman–Crippen LogP) is 2.56. The fraction of sp³-hybridized carbons (Fsp3) is 0.615. The van der Waals surface area contributed by atoms with Crippen molar-refractivity contribution in [1.29, 1.82) is 0 Å². The van der Waals surface area contributed by atoms with Crippen LogP contribution in [-0.4, -0.2) is 31.9 Å². The lowest BCUT2D eigenvalue weighted by Crippen LogP contribution is -2.10. The first-order valence-electron chi connectivity index (χ1n) is 6.04. The number of ether oxygens (including phenoxy) is 2. The average Bonchev–Trinajstić information content (AvgIpc) is 2.33. The van der Waals surface area contributed by atoms with Gasteiger partial charge < -0.3 is 14.8 Å². The van der Waals surface area contributed by atoms with Gasteiger partial charge in [-0.15, -0.1) is 0 Å². The lowest BCUT2D eigenvalue weighted by Gasteiger charge is -2.09. The summed E-state index contributed by atoms with van der Waals surface area (Å²) < 4.78 is 10.6. The fourth-order valence-corrected chi connectivity index (χ4v) is 1.32. The van der Waals surface area contributed by atoms with Crippen molar-refractivity contribution in [2.75, 3.05) is 32.2 Å². The Morgan fingerprint density at radius 2 is 2.18 bits per heavy atom. The van der Waals surface area contributed by atoms with E-state index in [0.717, 1.165) is 31.9 Å². The first-order chi connectivity index (χ1) is 8.22. The highest BCUT2D eigenvalue weighted by Crippen LogP contribution is 2.12.